The molecule has 15 heavy (non-hydrogen) atoms. The Hall–Kier alpha value is -1.34. The number of rotatable bonds is 3. The van der Waals surface area contributed by atoms with Gasteiger partial charge in [-0.25, -0.2) is 0 Å². The van der Waals surface area contributed by atoms with Gasteiger partial charge < -0.3 is 6.15 Å². The molecule has 0 saturated carbocycles. The Morgan fingerprint density at radius 2 is 1.73 bits per heavy atom. The number of non-ortho nitro benzene ring substituents is 1. The van der Waals surface area contributed by atoms with Crippen LogP contribution < -0.4 is 9.88 Å². The molecule has 0 radical (unpaired) electrons. The summed E-state index contributed by atoms with van der Waals surface area (Å²) in [5.41, 5.74) is -0.171. The van der Waals surface area contributed by atoms with Gasteiger partial charge in [0.1, 0.15) is 0 Å². The van der Waals surface area contributed by atoms with Crippen LogP contribution in [0.3, 0.4) is 0 Å². The number of benzene rings is 1. The van der Waals surface area contributed by atoms with Crippen LogP contribution in [0.2, 0.25) is 0 Å². The van der Waals surface area contributed by atoms with Crippen molar-refractivity contribution in [1.82, 2.24) is 6.15 Å². The summed E-state index contributed by atoms with van der Waals surface area (Å²) < 4.78 is 31.6. The number of hydrogen-bond donors (Lipinski definition) is 3. The molecule has 0 amide bonds. The second kappa shape index (κ2) is 4.94. The molecule has 0 aliphatic rings. The molecule has 0 heterocycles. The fourth-order valence-electron chi connectivity index (χ4n) is 0.766. The van der Waals surface area contributed by atoms with E-state index in [1.165, 1.54) is 0 Å². The maximum absolute atomic E-state index is 10.4. The van der Waals surface area contributed by atoms with Crippen molar-refractivity contribution in [1.29, 1.82) is 0 Å². The van der Waals surface area contributed by atoms with Gasteiger partial charge in [0.2, 0.25) is 0 Å². The molecule has 0 unspecified atom stereocenters. The Morgan fingerprint density at radius 3 is 2.07 bits per heavy atom. The topological polar surface area (TPSA) is 145 Å². The molecule has 0 bridgehead atoms. The first-order valence-electron chi connectivity index (χ1n) is 3.38. The van der Waals surface area contributed by atoms with E-state index in [2.05, 4.69) is 3.73 Å². The first-order valence-corrected chi connectivity index (χ1v) is 6.59. The van der Waals surface area contributed by atoms with Crippen LogP contribution in [0.1, 0.15) is 0 Å². The molecular weight excluding hydrogens is 271 g/mol. The summed E-state index contributed by atoms with van der Waals surface area (Å²) >= 11 is -5.18. The molecule has 5 N–H and O–H groups in total. The zero-order chi connectivity index (χ0) is 10.8. The number of nitro groups is 1. The van der Waals surface area contributed by atoms with Crippen molar-refractivity contribution in [2.75, 3.05) is 0 Å². The second-order valence-electron chi connectivity index (χ2n) is 2.33. The van der Waals surface area contributed by atoms with Gasteiger partial charge in [-0.2, -0.15) is 0 Å². The molecule has 0 aromatic heterocycles. The molecule has 0 saturated heterocycles. The molecule has 0 fully saturated rings. The first-order chi connectivity index (χ1) is 6.38. The van der Waals surface area contributed by atoms with Gasteiger partial charge in [-0.05, 0) is 0 Å². The van der Waals surface area contributed by atoms with Gasteiger partial charge in [0.15, 0.2) is 0 Å². The van der Waals surface area contributed by atoms with E-state index < -0.39 is 19.4 Å². The molecule has 1 aromatic carbocycles. The number of nitrogens with zero attached hydrogens (tertiary/aromatic N) is 1. The van der Waals surface area contributed by atoms with E-state index in [9.17, 15) is 13.9 Å². The van der Waals surface area contributed by atoms with Crippen LogP contribution in [0, 0.1) is 10.1 Å². The first kappa shape index (κ1) is 13.7. The average Bonchev–Trinajstić information content (AvgIpc) is 2.02. The van der Waals surface area contributed by atoms with Crippen molar-refractivity contribution in [3.05, 3.63) is 34.4 Å². The molecule has 1 aromatic rings. The zero-order valence-corrected chi connectivity index (χ0v) is 9.31. The fraction of sp³-hybridized carbons (Fsp3) is 0. The molecule has 0 atom stereocenters. The quantitative estimate of drug-likeness (QED) is 0.401. The van der Waals surface area contributed by atoms with Gasteiger partial charge in [-0.3, -0.25) is 0 Å². The SMILES string of the molecule is N.O=[N+]([O-])c1ccc(O[As](=O)(O)O)cc1. The Morgan fingerprint density at radius 1 is 1.27 bits per heavy atom. The monoisotopic (exact) mass is 280 g/mol. The van der Waals surface area contributed by atoms with Crippen molar-refractivity contribution < 1.29 is 20.6 Å². The normalized spacial score (nSPS) is 10.3. The Balaban J connectivity index is 0.00000196. The minimum absolute atomic E-state index is 0. The van der Waals surface area contributed by atoms with Crippen LogP contribution in [0.25, 0.3) is 0 Å². The third kappa shape index (κ3) is 4.61. The van der Waals surface area contributed by atoms with Crippen molar-refractivity contribution in [2.45, 2.75) is 0 Å². The Bertz CT molecular complexity index is 385. The molecule has 1 rings (SSSR count). The Labute approximate surface area is 87.6 Å². The predicted molar refractivity (Wildman–Crippen MR) is 49.6 cm³/mol. The molecule has 0 spiro atoms. The van der Waals surface area contributed by atoms with E-state index in [0.717, 1.165) is 24.3 Å². The fourth-order valence-corrected chi connectivity index (χ4v) is 1.60. The molecule has 84 valence electrons. The minimum atomic E-state index is -5.18. The van der Waals surface area contributed by atoms with E-state index >= 15 is 0 Å². The van der Waals surface area contributed by atoms with Crippen LogP contribution in [0.15, 0.2) is 24.3 Å². The van der Waals surface area contributed by atoms with Crippen LogP contribution in [0.5, 0.6) is 5.75 Å². The van der Waals surface area contributed by atoms with Gasteiger partial charge in [-0.15, -0.1) is 0 Å². The van der Waals surface area contributed by atoms with Crippen molar-refractivity contribution >= 4 is 20.2 Å². The van der Waals surface area contributed by atoms with E-state index in [1.807, 2.05) is 0 Å². The summed E-state index contributed by atoms with van der Waals surface area (Å²) in [5, 5.41) is 10.2. The van der Waals surface area contributed by atoms with E-state index in [0.29, 0.717) is 0 Å². The van der Waals surface area contributed by atoms with E-state index in [4.69, 9.17) is 8.19 Å². The van der Waals surface area contributed by atoms with Gasteiger partial charge in [0.05, 0.1) is 0 Å². The molecule has 0 aliphatic carbocycles. The molecule has 9 heteroatoms. The predicted octanol–water partition coefficient (Wildman–Crippen LogP) is -0.0137. The van der Waals surface area contributed by atoms with Crippen LogP contribution in [-0.2, 0) is 3.74 Å². The zero-order valence-electron chi connectivity index (χ0n) is 7.44. The second-order valence-corrected chi connectivity index (χ2v) is 4.77. The maximum atomic E-state index is 10.4. The summed E-state index contributed by atoms with van der Waals surface area (Å²) in [5.74, 6) is -0.0944. The van der Waals surface area contributed by atoms with Crippen LogP contribution in [-0.4, -0.2) is 27.6 Å². The van der Waals surface area contributed by atoms with Crippen LogP contribution in [0.4, 0.5) is 5.69 Å². The van der Waals surface area contributed by atoms with Gasteiger partial charge in [0, 0.05) is 0 Å². The summed E-state index contributed by atoms with van der Waals surface area (Å²) in [6, 6.07) is 4.44. The summed E-state index contributed by atoms with van der Waals surface area (Å²) in [4.78, 5) is 9.59. The number of nitro benzene ring substituents is 1. The Kier molecular flexibility index (Phi) is 4.50. The standard InChI is InChI=1S/C6H6AsNO6.H3N/c9-7(10,11)14-6-3-1-5(2-4-6)8(12)13;/h1-4H,(H2,9,10,11);1H3. The summed E-state index contributed by atoms with van der Waals surface area (Å²) in [6.07, 6.45) is 0. The third-order valence-electron chi connectivity index (χ3n) is 1.27. The molecular formula is C6H9AsN2O6. The molecule has 8 nitrogen and oxygen atoms in total. The van der Waals surface area contributed by atoms with Crippen molar-refractivity contribution in [3.63, 3.8) is 0 Å². The number of hydrogen-bond acceptors (Lipinski definition) is 5. The molecule has 0 aliphatic heterocycles. The summed E-state index contributed by atoms with van der Waals surface area (Å²) in [6.45, 7) is 0. The van der Waals surface area contributed by atoms with Gasteiger partial charge in [0.25, 0.3) is 0 Å². The van der Waals surface area contributed by atoms with E-state index in [1.54, 1.807) is 0 Å². The van der Waals surface area contributed by atoms with Gasteiger partial charge >= 0.3 is 80.9 Å². The average molecular weight is 280 g/mol. The van der Waals surface area contributed by atoms with Crippen molar-refractivity contribution in [2.24, 2.45) is 0 Å². The van der Waals surface area contributed by atoms with Crippen molar-refractivity contribution in [3.8, 4) is 5.75 Å². The third-order valence-corrected chi connectivity index (χ3v) is 2.21. The van der Waals surface area contributed by atoms with E-state index in [-0.39, 0.29) is 17.6 Å². The summed E-state index contributed by atoms with van der Waals surface area (Å²) in [7, 11) is 0. The van der Waals surface area contributed by atoms with Gasteiger partial charge in [-0.1, -0.05) is 0 Å². The van der Waals surface area contributed by atoms with Crippen LogP contribution >= 0.6 is 0 Å².